The number of hydrogen-bond donors (Lipinski definition) is 0. The third-order valence-corrected chi connectivity index (χ3v) is 19.6. The van der Waals surface area contributed by atoms with Crippen molar-refractivity contribution in [1.29, 1.82) is 0 Å². The van der Waals surface area contributed by atoms with Gasteiger partial charge in [0.2, 0.25) is 0 Å². The molecule has 0 nitrogen and oxygen atoms in total. The third kappa shape index (κ3) is 49.8. The second-order valence-electron chi connectivity index (χ2n) is 23.2. The molecule has 0 radical (unpaired) electrons. The molecule has 0 atom stereocenters. The second-order valence-corrected chi connectivity index (χ2v) is 26.6. The van der Waals surface area contributed by atoms with E-state index in [2.05, 4.69) is 75.1 Å². The molecule has 72 heavy (non-hydrogen) atoms. The molecule has 1 aromatic carbocycles. The van der Waals surface area contributed by atoms with E-state index in [0.29, 0.717) is 0 Å². The van der Waals surface area contributed by atoms with Gasteiger partial charge in [0.1, 0.15) is 0 Å². The Kier molecular flexibility index (Phi) is 59.1. The van der Waals surface area contributed by atoms with Crippen LogP contribution in [0.4, 0.5) is 0 Å². The molecule has 0 aromatic heterocycles. The highest BCUT2D eigenvalue weighted by Gasteiger charge is 2.14. The maximum atomic E-state index is 2.63. The van der Waals surface area contributed by atoms with Gasteiger partial charge in [0.25, 0.3) is 0 Å². The molecule has 0 aliphatic heterocycles. The molecule has 3 heteroatoms. The van der Waals surface area contributed by atoms with Crippen LogP contribution in [0.3, 0.4) is 0 Å². The number of unbranched alkanes of at least 4 members (excludes halogenated alkanes) is 51. The summed E-state index contributed by atoms with van der Waals surface area (Å²) in [5.74, 6) is 3.89. The van der Waals surface area contributed by atoms with Crippen molar-refractivity contribution < 1.29 is 0 Å². The summed E-state index contributed by atoms with van der Waals surface area (Å²) in [6.07, 6.45) is 81.0. The van der Waals surface area contributed by atoms with Crippen LogP contribution in [0.15, 0.2) is 26.8 Å². The predicted octanol–water partition coefficient (Wildman–Crippen LogP) is 27.0. The average Bonchev–Trinajstić information content (AvgIpc) is 3.39. The van der Waals surface area contributed by atoms with Crippen LogP contribution in [0.1, 0.15) is 386 Å². The van der Waals surface area contributed by atoms with Crippen LogP contribution in [-0.2, 0) is 6.42 Å². The molecule has 426 valence electrons. The van der Waals surface area contributed by atoms with Crippen molar-refractivity contribution in [3.63, 3.8) is 0 Å². The lowest BCUT2D eigenvalue weighted by Gasteiger charge is -2.17. The summed E-state index contributed by atoms with van der Waals surface area (Å²) in [6.45, 7) is 9.33. The van der Waals surface area contributed by atoms with E-state index in [4.69, 9.17) is 0 Å². The maximum Gasteiger partial charge on any atom is 0.0344 e. The molecule has 0 spiro atoms. The lowest BCUT2D eigenvalue weighted by atomic mass is 10.0. The lowest BCUT2D eigenvalue weighted by Crippen LogP contribution is -1.94. The van der Waals surface area contributed by atoms with Gasteiger partial charge in [-0.2, -0.15) is 0 Å². The highest BCUT2D eigenvalue weighted by molar-refractivity contribution is 8.03. The maximum absolute atomic E-state index is 2.63. The molecule has 0 amide bonds. The van der Waals surface area contributed by atoms with Crippen LogP contribution in [0.25, 0.3) is 0 Å². The SMILES string of the molecule is CCCCCCCCCCCCCCCCCCCCSc1cc(CCC)cc(SCCCCCCCCCCCCCCCCCCCC)c1SCCCCCCCCCCCCCCCCCCCC. The van der Waals surface area contributed by atoms with E-state index in [0.717, 1.165) is 0 Å². The van der Waals surface area contributed by atoms with Crippen LogP contribution in [-0.4, -0.2) is 17.3 Å². The van der Waals surface area contributed by atoms with Crippen LogP contribution in [0, 0.1) is 0 Å². The molecule has 1 rings (SSSR count). The quantitative estimate of drug-likeness (QED) is 0.0471. The molecule has 0 aliphatic carbocycles. The molecular weight excluding hydrogens is 925 g/mol. The van der Waals surface area contributed by atoms with Gasteiger partial charge in [0, 0.05) is 14.7 Å². The van der Waals surface area contributed by atoms with Gasteiger partial charge >= 0.3 is 0 Å². The van der Waals surface area contributed by atoms with E-state index in [-0.39, 0.29) is 0 Å². The molecular formula is C69H132S3. The van der Waals surface area contributed by atoms with Crippen molar-refractivity contribution in [3.05, 3.63) is 17.7 Å². The zero-order valence-electron chi connectivity index (χ0n) is 50.1. The molecule has 0 heterocycles. The fraction of sp³-hybridized carbons (Fsp3) is 0.913. The first-order valence-electron chi connectivity index (χ1n) is 33.8. The van der Waals surface area contributed by atoms with E-state index < -0.39 is 0 Å². The number of thioether (sulfide) groups is 3. The van der Waals surface area contributed by atoms with Crippen molar-refractivity contribution in [1.82, 2.24) is 0 Å². The third-order valence-electron chi connectivity index (χ3n) is 15.9. The topological polar surface area (TPSA) is 0 Å². The smallest absolute Gasteiger partial charge is 0.0344 e. The first-order valence-corrected chi connectivity index (χ1v) is 36.8. The summed E-state index contributed by atoms with van der Waals surface area (Å²) >= 11 is 6.65. The second kappa shape index (κ2) is 60.5. The zero-order valence-corrected chi connectivity index (χ0v) is 52.5. The average molecular weight is 1060 g/mol. The van der Waals surface area contributed by atoms with Crippen LogP contribution in [0.5, 0.6) is 0 Å². The largest absolute Gasteiger partial charge is 0.125 e. The van der Waals surface area contributed by atoms with Gasteiger partial charge in [-0.3, -0.25) is 0 Å². The van der Waals surface area contributed by atoms with Crippen LogP contribution >= 0.6 is 35.3 Å². The van der Waals surface area contributed by atoms with Gasteiger partial charge in [-0.25, -0.2) is 0 Å². The molecule has 0 aliphatic rings. The predicted molar refractivity (Wildman–Crippen MR) is 339 cm³/mol. The summed E-state index contributed by atoms with van der Waals surface area (Å²) in [6, 6.07) is 5.25. The number of benzene rings is 1. The van der Waals surface area contributed by atoms with Gasteiger partial charge in [-0.05, 0) is 60.6 Å². The molecule has 0 fully saturated rings. The Bertz CT molecular complexity index is 1100. The van der Waals surface area contributed by atoms with E-state index in [1.165, 1.54) is 377 Å². The number of hydrogen-bond acceptors (Lipinski definition) is 3. The molecule has 0 N–H and O–H groups in total. The first kappa shape index (κ1) is 70.3. The van der Waals surface area contributed by atoms with Gasteiger partial charge in [-0.15, -0.1) is 35.3 Å². The molecule has 0 saturated carbocycles. The summed E-state index contributed by atoms with van der Waals surface area (Å²) in [5.41, 5.74) is 1.59. The Balaban J connectivity index is 2.42. The Morgan fingerprint density at radius 1 is 0.208 bits per heavy atom. The highest BCUT2D eigenvalue weighted by Crippen LogP contribution is 2.41. The minimum Gasteiger partial charge on any atom is -0.125 e. The van der Waals surface area contributed by atoms with Gasteiger partial charge in [0.15, 0.2) is 0 Å². The monoisotopic (exact) mass is 1060 g/mol. The van der Waals surface area contributed by atoms with Crippen molar-refractivity contribution in [3.8, 4) is 0 Å². The van der Waals surface area contributed by atoms with Crippen LogP contribution < -0.4 is 0 Å². The Labute approximate surface area is 469 Å². The zero-order chi connectivity index (χ0) is 51.6. The number of rotatable bonds is 62. The standard InChI is InChI=1S/C69H132S3/c1-5-9-12-15-18-21-24-27-30-33-36-39-42-45-48-51-54-57-61-70-67-64-66(60-8-4)65-68(71-62-58-55-52-49-46-43-40-37-34-31-28-25-22-19-16-13-10-6-2)69(67)72-63-59-56-53-50-47-44-41-38-35-32-29-26-23-20-17-14-11-7-3/h64-65H,5-63H2,1-4H3. The summed E-state index contributed by atoms with van der Waals surface area (Å²) in [4.78, 5) is 4.91. The molecule has 0 bridgehead atoms. The van der Waals surface area contributed by atoms with Crippen LogP contribution in [0.2, 0.25) is 0 Å². The normalized spacial score (nSPS) is 11.7. The van der Waals surface area contributed by atoms with Gasteiger partial charge < -0.3 is 0 Å². The Morgan fingerprint density at radius 3 is 0.583 bits per heavy atom. The first-order chi connectivity index (χ1) is 35.8. The van der Waals surface area contributed by atoms with Crippen molar-refractivity contribution >= 4 is 35.3 Å². The fourth-order valence-electron chi connectivity index (χ4n) is 11.0. The summed E-state index contributed by atoms with van der Waals surface area (Å²) in [5, 5.41) is 0. The van der Waals surface area contributed by atoms with Crippen molar-refractivity contribution in [2.45, 2.75) is 402 Å². The molecule has 0 unspecified atom stereocenters. The van der Waals surface area contributed by atoms with E-state index in [1.807, 2.05) is 0 Å². The van der Waals surface area contributed by atoms with Crippen molar-refractivity contribution in [2.75, 3.05) is 17.3 Å². The fourth-order valence-corrected chi connectivity index (χ4v) is 14.8. The van der Waals surface area contributed by atoms with E-state index in [9.17, 15) is 0 Å². The summed E-state index contributed by atoms with van der Waals surface area (Å²) < 4.78 is 0. The summed E-state index contributed by atoms with van der Waals surface area (Å²) in [7, 11) is 0. The van der Waals surface area contributed by atoms with Gasteiger partial charge in [-0.1, -0.05) is 362 Å². The van der Waals surface area contributed by atoms with Gasteiger partial charge in [0.05, 0.1) is 0 Å². The minimum absolute atomic E-state index is 1.23. The number of aryl methyl sites for hydroxylation is 1. The van der Waals surface area contributed by atoms with Crippen molar-refractivity contribution in [2.24, 2.45) is 0 Å². The Hall–Kier alpha value is 0.270. The van der Waals surface area contributed by atoms with E-state index >= 15 is 0 Å². The Morgan fingerprint density at radius 2 is 0.389 bits per heavy atom. The highest BCUT2D eigenvalue weighted by atomic mass is 32.2. The van der Waals surface area contributed by atoms with E-state index in [1.54, 1.807) is 20.2 Å². The minimum atomic E-state index is 1.23. The molecule has 1 aromatic rings. The lowest BCUT2D eigenvalue weighted by molar-refractivity contribution is 0.526. The molecule has 0 saturated heterocycles.